The van der Waals surface area contributed by atoms with E-state index >= 15 is 0 Å². The third kappa shape index (κ3) is 4.92. The van der Waals surface area contributed by atoms with Gasteiger partial charge < -0.3 is 10.2 Å². The van der Waals surface area contributed by atoms with Crippen LogP contribution in [0.25, 0.3) is 0 Å². The molecule has 116 valence electrons. The first-order chi connectivity index (χ1) is 10.1. The lowest BCUT2D eigenvalue weighted by Crippen LogP contribution is -2.39. The molecule has 1 amide bonds. The monoisotopic (exact) mass is 404 g/mol. The lowest BCUT2D eigenvalue weighted by Gasteiger charge is -2.33. The highest BCUT2D eigenvalue weighted by Gasteiger charge is 2.17. The van der Waals surface area contributed by atoms with Crippen LogP contribution in [0.3, 0.4) is 0 Å². The average Bonchev–Trinajstić information content (AvgIpc) is 2.45. The molecule has 0 spiro atoms. The Morgan fingerprint density at radius 3 is 3.00 bits per heavy atom. The predicted molar refractivity (Wildman–Crippen MR) is 91.0 cm³/mol. The van der Waals surface area contributed by atoms with Crippen molar-refractivity contribution in [1.82, 2.24) is 10.2 Å². The van der Waals surface area contributed by atoms with Crippen molar-refractivity contribution in [2.24, 2.45) is 0 Å². The molecule has 2 rings (SSSR count). The van der Waals surface area contributed by atoms with Gasteiger partial charge in [-0.3, -0.25) is 4.79 Å². The quantitative estimate of drug-likeness (QED) is 0.603. The molecule has 1 aromatic carbocycles. The zero-order chi connectivity index (χ0) is 15.2. The van der Waals surface area contributed by atoms with E-state index in [0.717, 1.165) is 13.0 Å². The summed E-state index contributed by atoms with van der Waals surface area (Å²) >= 11 is 1.99. The number of carbonyl (C=O) groups excluding carboxylic acids is 1. The van der Waals surface area contributed by atoms with E-state index in [1.807, 2.05) is 22.6 Å². The summed E-state index contributed by atoms with van der Waals surface area (Å²) in [7, 11) is 0. The Kier molecular flexibility index (Phi) is 6.41. The second-order valence-corrected chi connectivity index (χ2v) is 6.78. The van der Waals surface area contributed by atoms with Gasteiger partial charge in [-0.05, 0) is 73.5 Å². The molecule has 0 saturated carbocycles. The first-order valence-corrected chi connectivity index (χ1v) is 8.63. The van der Waals surface area contributed by atoms with Gasteiger partial charge in [-0.25, -0.2) is 4.39 Å². The first-order valence-electron chi connectivity index (χ1n) is 7.55. The highest BCUT2D eigenvalue weighted by Crippen LogP contribution is 2.16. The Morgan fingerprint density at radius 2 is 2.29 bits per heavy atom. The maximum absolute atomic E-state index is 13.0. The largest absolute Gasteiger partial charge is 0.352 e. The minimum Gasteiger partial charge on any atom is -0.352 e. The number of rotatable bonds is 5. The maximum Gasteiger partial charge on any atom is 0.252 e. The van der Waals surface area contributed by atoms with E-state index in [1.165, 1.54) is 37.9 Å². The van der Waals surface area contributed by atoms with Crippen molar-refractivity contribution in [3.8, 4) is 0 Å². The molecule has 1 fully saturated rings. The molecular formula is C16H22FIN2O. The summed E-state index contributed by atoms with van der Waals surface area (Å²) < 4.78 is 13.7. The van der Waals surface area contributed by atoms with Crippen LogP contribution in [0.1, 0.15) is 43.0 Å². The number of carbonyl (C=O) groups is 1. The summed E-state index contributed by atoms with van der Waals surface area (Å²) in [5.41, 5.74) is 0.545. The Labute approximate surface area is 139 Å². The van der Waals surface area contributed by atoms with E-state index in [9.17, 15) is 9.18 Å². The molecule has 1 N–H and O–H groups in total. The third-order valence-electron chi connectivity index (χ3n) is 4.02. The second kappa shape index (κ2) is 8.08. The number of halogens is 2. The number of piperidine rings is 1. The molecule has 1 aromatic rings. The molecule has 1 aliphatic rings. The van der Waals surface area contributed by atoms with Gasteiger partial charge in [-0.2, -0.15) is 0 Å². The molecule has 0 aromatic heterocycles. The normalized spacial score (nSPS) is 19.5. The lowest BCUT2D eigenvalue weighted by molar-refractivity contribution is 0.0948. The lowest BCUT2D eigenvalue weighted by atomic mass is 10.0. The Bertz CT molecular complexity index is 495. The van der Waals surface area contributed by atoms with Crippen molar-refractivity contribution in [3.05, 3.63) is 33.1 Å². The molecule has 1 heterocycles. The van der Waals surface area contributed by atoms with Gasteiger partial charge in [-0.1, -0.05) is 6.42 Å². The Balaban J connectivity index is 1.74. The number of hydrogen-bond acceptors (Lipinski definition) is 2. The second-order valence-electron chi connectivity index (χ2n) is 5.61. The fourth-order valence-electron chi connectivity index (χ4n) is 2.74. The summed E-state index contributed by atoms with van der Waals surface area (Å²) in [6.07, 6.45) is 4.84. The van der Waals surface area contributed by atoms with Gasteiger partial charge in [-0.15, -0.1) is 0 Å². The topological polar surface area (TPSA) is 32.3 Å². The highest BCUT2D eigenvalue weighted by molar-refractivity contribution is 14.1. The van der Waals surface area contributed by atoms with Gasteiger partial charge in [0.1, 0.15) is 5.82 Å². The van der Waals surface area contributed by atoms with Crippen molar-refractivity contribution in [2.75, 3.05) is 19.6 Å². The van der Waals surface area contributed by atoms with Gasteiger partial charge in [0.25, 0.3) is 5.91 Å². The van der Waals surface area contributed by atoms with Crippen molar-refractivity contribution in [1.29, 1.82) is 0 Å². The molecule has 0 radical (unpaired) electrons. The van der Waals surface area contributed by atoms with Crippen LogP contribution >= 0.6 is 22.6 Å². The van der Waals surface area contributed by atoms with Crippen LogP contribution in [0, 0.1) is 9.39 Å². The highest BCUT2D eigenvalue weighted by atomic mass is 127. The number of nitrogens with zero attached hydrogens (tertiary/aromatic N) is 1. The van der Waals surface area contributed by atoms with Crippen molar-refractivity contribution < 1.29 is 9.18 Å². The van der Waals surface area contributed by atoms with Gasteiger partial charge >= 0.3 is 0 Å². The zero-order valence-corrected chi connectivity index (χ0v) is 14.5. The summed E-state index contributed by atoms with van der Waals surface area (Å²) in [4.78, 5) is 14.5. The van der Waals surface area contributed by atoms with Crippen LogP contribution in [-0.2, 0) is 0 Å². The Morgan fingerprint density at radius 1 is 1.48 bits per heavy atom. The standard InChI is InChI=1S/C16H22FIN2O/c1-12-5-2-3-9-20(12)10-4-8-19-16(21)14-7-6-13(17)11-15(14)18/h6-7,11-12H,2-5,8-10H2,1H3,(H,19,21)/t12-/m1/s1. The summed E-state index contributed by atoms with van der Waals surface area (Å²) in [6.45, 7) is 5.14. The van der Waals surface area contributed by atoms with E-state index < -0.39 is 0 Å². The van der Waals surface area contributed by atoms with E-state index in [1.54, 1.807) is 6.07 Å². The summed E-state index contributed by atoms with van der Waals surface area (Å²) in [5.74, 6) is -0.430. The van der Waals surface area contributed by atoms with Gasteiger partial charge in [0.05, 0.1) is 5.56 Å². The van der Waals surface area contributed by atoms with E-state index in [4.69, 9.17) is 0 Å². The first kappa shape index (κ1) is 16.7. The predicted octanol–water partition coefficient (Wildman–Crippen LogP) is 3.42. The van der Waals surface area contributed by atoms with Crippen LogP contribution in [0.4, 0.5) is 4.39 Å². The van der Waals surface area contributed by atoms with Gasteiger partial charge in [0, 0.05) is 22.7 Å². The fourth-order valence-corrected chi connectivity index (χ4v) is 3.46. The zero-order valence-electron chi connectivity index (χ0n) is 12.4. The van der Waals surface area contributed by atoms with Crippen LogP contribution in [0.15, 0.2) is 18.2 Å². The van der Waals surface area contributed by atoms with Crippen molar-refractivity contribution in [3.63, 3.8) is 0 Å². The molecule has 1 aliphatic heterocycles. The number of benzene rings is 1. The average molecular weight is 404 g/mol. The SMILES string of the molecule is C[C@@H]1CCCCN1CCCNC(=O)c1ccc(F)cc1I. The Hall–Kier alpha value is -0.690. The van der Waals surface area contributed by atoms with Crippen LogP contribution in [-0.4, -0.2) is 36.5 Å². The molecule has 3 nitrogen and oxygen atoms in total. The minimum atomic E-state index is -0.310. The molecular weight excluding hydrogens is 382 g/mol. The molecule has 21 heavy (non-hydrogen) atoms. The van der Waals surface area contributed by atoms with Gasteiger partial charge in [0.2, 0.25) is 0 Å². The summed E-state index contributed by atoms with van der Waals surface area (Å²) in [6, 6.07) is 4.91. The van der Waals surface area contributed by atoms with Crippen LogP contribution in [0.5, 0.6) is 0 Å². The number of hydrogen-bond donors (Lipinski definition) is 1. The molecule has 0 bridgehead atoms. The maximum atomic E-state index is 13.0. The smallest absolute Gasteiger partial charge is 0.252 e. The van der Waals surface area contributed by atoms with Crippen LogP contribution < -0.4 is 5.32 Å². The van der Waals surface area contributed by atoms with Crippen molar-refractivity contribution >= 4 is 28.5 Å². The minimum absolute atomic E-state index is 0.119. The van der Waals surface area contributed by atoms with E-state index in [0.29, 0.717) is 21.7 Å². The number of amides is 1. The van der Waals surface area contributed by atoms with Gasteiger partial charge in [0.15, 0.2) is 0 Å². The molecule has 0 aliphatic carbocycles. The van der Waals surface area contributed by atoms with E-state index in [-0.39, 0.29) is 11.7 Å². The van der Waals surface area contributed by atoms with E-state index in [2.05, 4.69) is 17.1 Å². The van der Waals surface area contributed by atoms with Crippen LogP contribution in [0.2, 0.25) is 0 Å². The van der Waals surface area contributed by atoms with Crippen molar-refractivity contribution in [2.45, 2.75) is 38.6 Å². The summed E-state index contributed by atoms with van der Waals surface area (Å²) in [5, 5.41) is 2.92. The number of nitrogens with one attached hydrogen (secondary N) is 1. The fraction of sp³-hybridized carbons (Fsp3) is 0.562. The molecule has 0 unspecified atom stereocenters. The number of likely N-dealkylation sites (tertiary alicyclic amines) is 1. The third-order valence-corrected chi connectivity index (χ3v) is 4.92. The molecule has 1 saturated heterocycles. The molecule has 1 atom stereocenters. The molecule has 5 heteroatoms.